The molecule has 0 aromatic heterocycles. The van der Waals surface area contributed by atoms with Crippen LogP contribution in [0, 0.1) is 10.5 Å². The van der Waals surface area contributed by atoms with Crippen LogP contribution in [0.1, 0.15) is 74.5 Å². The van der Waals surface area contributed by atoms with Gasteiger partial charge in [-0.1, -0.05) is 36.8 Å². The summed E-state index contributed by atoms with van der Waals surface area (Å²) in [5.41, 5.74) is 7.13. The molecule has 0 spiro atoms. The number of methoxy groups -OCH3 is 1. The summed E-state index contributed by atoms with van der Waals surface area (Å²) in [6, 6.07) is 12.3. The molecule has 1 aliphatic heterocycles. The summed E-state index contributed by atoms with van der Waals surface area (Å²) in [6.07, 6.45) is 5.56. The van der Waals surface area contributed by atoms with Crippen molar-refractivity contribution in [3.05, 3.63) is 79.2 Å². The largest absolute Gasteiger partial charge is 0.493 e. The molecule has 0 saturated carbocycles. The molecular formula is C31H34INO4. The quantitative estimate of drug-likeness (QED) is 0.316. The Balaban J connectivity index is 1.59. The zero-order valence-corrected chi connectivity index (χ0v) is 24.0. The first-order valence-electron chi connectivity index (χ1n) is 13.3. The first-order valence-corrected chi connectivity index (χ1v) is 14.4. The standard InChI is InChI=1S/C31H34INO4/c1-4-15-33-23-7-5-9-25(34)29(23)28(30-24(33)8-6-10-26(30)35)21-16-22(32)31(27(17-21)36-3)37-18-20-13-11-19(2)12-14-20/h11-14,16-17,28H,4-10,15,18H2,1-3H3. The van der Waals surface area contributed by atoms with Crippen LogP contribution in [0.3, 0.4) is 0 Å². The van der Waals surface area contributed by atoms with Gasteiger partial charge in [-0.25, -0.2) is 0 Å². The molecule has 0 N–H and O–H groups in total. The third-order valence-electron chi connectivity index (χ3n) is 7.62. The summed E-state index contributed by atoms with van der Waals surface area (Å²) in [5, 5.41) is 0. The minimum Gasteiger partial charge on any atom is -0.493 e. The average Bonchev–Trinajstić information content (AvgIpc) is 2.89. The van der Waals surface area contributed by atoms with Crippen molar-refractivity contribution in [2.24, 2.45) is 0 Å². The lowest BCUT2D eigenvalue weighted by atomic mass is 9.71. The van der Waals surface area contributed by atoms with Gasteiger partial charge in [-0.2, -0.15) is 0 Å². The number of carbonyl (C=O) groups is 2. The molecular weight excluding hydrogens is 577 g/mol. The van der Waals surface area contributed by atoms with E-state index in [9.17, 15) is 9.59 Å². The number of ether oxygens (including phenoxy) is 2. The van der Waals surface area contributed by atoms with Gasteiger partial charge in [0.1, 0.15) is 6.61 Å². The van der Waals surface area contributed by atoms with Gasteiger partial charge in [0.05, 0.1) is 10.7 Å². The molecule has 2 aliphatic carbocycles. The van der Waals surface area contributed by atoms with Crippen molar-refractivity contribution in [1.82, 2.24) is 4.90 Å². The lowest BCUT2D eigenvalue weighted by Crippen LogP contribution is -2.39. The monoisotopic (exact) mass is 611 g/mol. The Morgan fingerprint density at radius 1 is 0.946 bits per heavy atom. The van der Waals surface area contributed by atoms with Crippen molar-refractivity contribution >= 4 is 34.2 Å². The lowest BCUT2D eigenvalue weighted by molar-refractivity contribution is -0.117. The Morgan fingerprint density at radius 3 is 2.14 bits per heavy atom. The minimum atomic E-state index is -0.340. The van der Waals surface area contributed by atoms with Gasteiger partial charge < -0.3 is 14.4 Å². The molecule has 2 aromatic carbocycles. The molecule has 6 heteroatoms. The molecule has 0 fully saturated rings. The Hall–Kier alpha value is -2.61. The number of halogens is 1. The molecule has 2 aromatic rings. The summed E-state index contributed by atoms with van der Waals surface area (Å²) in [4.78, 5) is 29.2. The number of nitrogens with zero attached hydrogens (tertiary/aromatic N) is 1. The summed E-state index contributed by atoms with van der Waals surface area (Å²) in [5.74, 6) is 1.31. The second kappa shape index (κ2) is 11.0. The van der Waals surface area contributed by atoms with Crippen LogP contribution < -0.4 is 9.47 Å². The number of benzene rings is 2. The fourth-order valence-corrected chi connectivity index (χ4v) is 6.71. The topological polar surface area (TPSA) is 55.8 Å². The van der Waals surface area contributed by atoms with E-state index >= 15 is 0 Å². The van der Waals surface area contributed by atoms with Gasteiger partial charge >= 0.3 is 0 Å². The van der Waals surface area contributed by atoms with Crippen LogP contribution in [0.5, 0.6) is 11.5 Å². The van der Waals surface area contributed by atoms with Gasteiger partial charge in [-0.15, -0.1) is 0 Å². The van der Waals surface area contributed by atoms with E-state index in [1.807, 2.05) is 6.07 Å². The van der Waals surface area contributed by atoms with Crippen LogP contribution in [-0.2, 0) is 16.2 Å². The van der Waals surface area contributed by atoms with Crippen molar-refractivity contribution in [3.8, 4) is 11.5 Å². The van der Waals surface area contributed by atoms with E-state index in [0.29, 0.717) is 30.9 Å². The second-order valence-corrected chi connectivity index (χ2v) is 11.3. The minimum absolute atomic E-state index is 0.172. The van der Waals surface area contributed by atoms with Gasteiger partial charge in [0.15, 0.2) is 23.1 Å². The van der Waals surface area contributed by atoms with Gasteiger partial charge in [0, 0.05) is 47.8 Å². The summed E-state index contributed by atoms with van der Waals surface area (Å²) < 4.78 is 12.9. The third-order valence-corrected chi connectivity index (χ3v) is 8.42. The predicted octanol–water partition coefficient (Wildman–Crippen LogP) is 7.01. The molecule has 0 radical (unpaired) electrons. The summed E-state index contributed by atoms with van der Waals surface area (Å²) in [6.45, 7) is 5.50. The van der Waals surface area contributed by atoms with Crippen LogP contribution in [-0.4, -0.2) is 30.1 Å². The molecule has 5 nitrogen and oxygen atoms in total. The molecule has 1 heterocycles. The van der Waals surface area contributed by atoms with E-state index in [0.717, 1.165) is 75.9 Å². The van der Waals surface area contributed by atoms with Crippen LogP contribution in [0.4, 0.5) is 0 Å². The maximum atomic E-state index is 13.5. The smallest absolute Gasteiger partial charge is 0.174 e. The first-order chi connectivity index (χ1) is 17.9. The molecule has 194 valence electrons. The Morgan fingerprint density at radius 2 is 1.57 bits per heavy atom. The van der Waals surface area contributed by atoms with Crippen molar-refractivity contribution in [2.45, 2.75) is 71.3 Å². The van der Waals surface area contributed by atoms with E-state index in [-0.39, 0.29) is 17.5 Å². The summed E-state index contributed by atoms with van der Waals surface area (Å²) in [7, 11) is 1.64. The highest BCUT2D eigenvalue weighted by Gasteiger charge is 2.43. The van der Waals surface area contributed by atoms with E-state index in [1.165, 1.54) is 5.56 Å². The second-order valence-electron chi connectivity index (χ2n) is 10.2. The number of hydrogen-bond acceptors (Lipinski definition) is 5. The fourth-order valence-electron chi connectivity index (χ4n) is 5.93. The number of rotatable bonds is 7. The number of aryl methyl sites for hydroxylation is 1. The molecule has 3 aliphatic rings. The van der Waals surface area contributed by atoms with Crippen molar-refractivity contribution in [3.63, 3.8) is 0 Å². The first kappa shape index (κ1) is 26.0. The highest BCUT2D eigenvalue weighted by atomic mass is 127. The van der Waals surface area contributed by atoms with Crippen LogP contribution in [0.25, 0.3) is 0 Å². The lowest BCUT2D eigenvalue weighted by Gasteiger charge is -2.44. The van der Waals surface area contributed by atoms with Gasteiger partial charge in [0.2, 0.25) is 0 Å². The van der Waals surface area contributed by atoms with Gasteiger partial charge in [0.25, 0.3) is 0 Å². The van der Waals surface area contributed by atoms with Crippen LogP contribution in [0.15, 0.2) is 58.9 Å². The molecule has 0 amide bonds. The average molecular weight is 612 g/mol. The number of carbonyl (C=O) groups excluding carboxylic acids is 2. The predicted molar refractivity (Wildman–Crippen MR) is 153 cm³/mol. The third kappa shape index (κ3) is 4.97. The van der Waals surface area contributed by atoms with Crippen molar-refractivity contribution in [2.75, 3.05) is 13.7 Å². The zero-order valence-electron chi connectivity index (χ0n) is 21.9. The van der Waals surface area contributed by atoms with Gasteiger partial charge in [-0.05, 0) is 84.9 Å². The van der Waals surface area contributed by atoms with Crippen molar-refractivity contribution in [1.29, 1.82) is 0 Å². The fraction of sp³-hybridized carbons (Fsp3) is 0.419. The maximum Gasteiger partial charge on any atom is 0.174 e. The zero-order chi connectivity index (χ0) is 26.1. The SMILES string of the molecule is CCCN1C2=C(C(=O)CCC2)C(c2cc(I)c(OCc3ccc(C)cc3)c(OC)c2)C2=C1CCCC2=O. The van der Waals surface area contributed by atoms with Crippen LogP contribution >= 0.6 is 22.6 Å². The van der Waals surface area contributed by atoms with Gasteiger partial charge in [-0.3, -0.25) is 9.59 Å². The number of Topliss-reactive ketones (excluding diaryl/α,β-unsaturated/α-hetero) is 2. The molecule has 0 atom stereocenters. The van der Waals surface area contributed by atoms with Crippen molar-refractivity contribution < 1.29 is 19.1 Å². The Bertz CT molecular complexity index is 1250. The molecule has 5 rings (SSSR count). The van der Waals surface area contributed by atoms with Crippen LogP contribution in [0.2, 0.25) is 0 Å². The normalized spacial score (nSPS) is 18.2. The maximum absolute atomic E-state index is 13.5. The molecule has 0 unspecified atom stereocenters. The Kier molecular flexibility index (Phi) is 7.75. The van der Waals surface area contributed by atoms with E-state index in [4.69, 9.17) is 9.47 Å². The number of allylic oxidation sites excluding steroid dienone is 4. The number of ketones is 2. The molecule has 37 heavy (non-hydrogen) atoms. The highest BCUT2D eigenvalue weighted by Crippen LogP contribution is 2.50. The van der Waals surface area contributed by atoms with E-state index in [2.05, 4.69) is 71.7 Å². The van der Waals surface area contributed by atoms with E-state index < -0.39 is 0 Å². The molecule has 0 saturated heterocycles. The highest BCUT2D eigenvalue weighted by molar-refractivity contribution is 14.1. The Labute approximate surface area is 233 Å². The number of hydrogen-bond donors (Lipinski definition) is 0. The molecule has 0 bridgehead atoms. The van der Waals surface area contributed by atoms with E-state index in [1.54, 1.807) is 7.11 Å². The summed E-state index contributed by atoms with van der Waals surface area (Å²) >= 11 is 2.29.